The lowest BCUT2D eigenvalue weighted by molar-refractivity contribution is 0.199. The van der Waals surface area contributed by atoms with Gasteiger partial charge in [0.2, 0.25) is 0 Å². The fraction of sp³-hybridized carbons (Fsp3) is 1.00. The maximum Gasteiger partial charge on any atom is 0.0558 e. The van der Waals surface area contributed by atoms with E-state index in [4.69, 9.17) is 10.8 Å². The van der Waals surface area contributed by atoms with Crippen LogP contribution in [0.4, 0.5) is 0 Å². The Morgan fingerprint density at radius 3 is 2.50 bits per heavy atom. The molecular formula is C9H22N2O. The number of rotatable bonds is 7. The summed E-state index contributed by atoms with van der Waals surface area (Å²) in [5, 5.41) is 8.71. The molecule has 0 unspecified atom stereocenters. The van der Waals surface area contributed by atoms with Crippen LogP contribution in [0.2, 0.25) is 0 Å². The second-order valence-corrected chi connectivity index (χ2v) is 3.28. The Balaban J connectivity index is 3.31. The molecule has 0 spiro atoms. The van der Waals surface area contributed by atoms with Crippen LogP contribution in [0.25, 0.3) is 0 Å². The third-order valence-corrected chi connectivity index (χ3v) is 2.00. The molecule has 0 rings (SSSR count). The van der Waals surface area contributed by atoms with Gasteiger partial charge >= 0.3 is 0 Å². The van der Waals surface area contributed by atoms with Crippen LogP contribution in [-0.4, -0.2) is 42.3 Å². The van der Waals surface area contributed by atoms with Crippen LogP contribution in [0, 0.1) is 0 Å². The van der Waals surface area contributed by atoms with Crippen LogP contribution >= 0.6 is 0 Å². The van der Waals surface area contributed by atoms with E-state index in [1.807, 2.05) is 6.92 Å². The maximum atomic E-state index is 8.71. The SMILES string of the molecule is CCN(CCO)CCC[C@@H](C)N. The quantitative estimate of drug-likeness (QED) is 0.588. The Morgan fingerprint density at radius 1 is 1.42 bits per heavy atom. The molecule has 0 aliphatic heterocycles. The minimum absolute atomic E-state index is 0.256. The van der Waals surface area contributed by atoms with Crippen molar-refractivity contribution in [3.05, 3.63) is 0 Å². The molecule has 0 fully saturated rings. The Hall–Kier alpha value is -0.120. The molecule has 12 heavy (non-hydrogen) atoms. The lowest BCUT2D eigenvalue weighted by atomic mass is 10.2. The smallest absolute Gasteiger partial charge is 0.0558 e. The van der Waals surface area contributed by atoms with E-state index in [2.05, 4.69) is 11.8 Å². The van der Waals surface area contributed by atoms with Gasteiger partial charge in [0.1, 0.15) is 0 Å². The third kappa shape index (κ3) is 6.58. The topological polar surface area (TPSA) is 49.5 Å². The number of aliphatic hydroxyl groups is 1. The molecule has 0 bridgehead atoms. The van der Waals surface area contributed by atoms with Crippen molar-refractivity contribution in [2.45, 2.75) is 32.7 Å². The fourth-order valence-electron chi connectivity index (χ4n) is 1.21. The van der Waals surface area contributed by atoms with Crippen molar-refractivity contribution < 1.29 is 5.11 Å². The molecule has 3 N–H and O–H groups in total. The first-order valence-electron chi connectivity index (χ1n) is 4.79. The van der Waals surface area contributed by atoms with Gasteiger partial charge in [-0.25, -0.2) is 0 Å². The maximum absolute atomic E-state index is 8.71. The van der Waals surface area contributed by atoms with Gasteiger partial charge in [-0.1, -0.05) is 6.92 Å². The second-order valence-electron chi connectivity index (χ2n) is 3.28. The summed E-state index contributed by atoms with van der Waals surface area (Å²) < 4.78 is 0. The van der Waals surface area contributed by atoms with Crippen molar-refractivity contribution in [3.63, 3.8) is 0 Å². The van der Waals surface area contributed by atoms with Crippen LogP contribution in [0.15, 0.2) is 0 Å². The van der Waals surface area contributed by atoms with Crippen LogP contribution in [0.3, 0.4) is 0 Å². The van der Waals surface area contributed by atoms with Gasteiger partial charge < -0.3 is 15.7 Å². The third-order valence-electron chi connectivity index (χ3n) is 2.00. The minimum atomic E-state index is 0.256. The van der Waals surface area contributed by atoms with Crippen molar-refractivity contribution in [2.24, 2.45) is 5.73 Å². The van der Waals surface area contributed by atoms with Gasteiger partial charge in [-0.05, 0) is 32.9 Å². The summed E-state index contributed by atoms with van der Waals surface area (Å²) in [4.78, 5) is 2.24. The molecule has 0 amide bonds. The number of nitrogens with zero attached hydrogens (tertiary/aromatic N) is 1. The highest BCUT2D eigenvalue weighted by molar-refractivity contribution is 4.58. The van der Waals surface area contributed by atoms with Gasteiger partial charge in [0, 0.05) is 12.6 Å². The molecule has 0 saturated heterocycles. The first-order chi connectivity index (χ1) is 5.70. The van der Waals surface area contributed by atoms with E-state index < -0.39 is 0 Å². The van der Waals surface area contributed by atoms with Gasteiger partial charge in [-0.2, -0.15) is 0 Å². The molecular weight excluding hydrogens is 152 g/mol. The molecule has 1 atom stereocenters. The summed E-state index contributed by atoms with van der Waals surface area (Å²) >= 11 is 0. The average Bonchev–Trinajstić information content (AvgIpc) is 2.02. The lowest BCUT2D eigenvalue weighted by Crippen LogP contribution is -2.28. The van der Waals surface area contributed by atoms with E-state index in [1.54, 1.807) is 0 Å². The summed E-state index contributed by atoms with van der Waals surface area (Å²) in [5.41, 5.74) is 5.63. The van der Waals surface area contributed by atoms with E-state index >= 15 is 0 Å². The predicted molar refractivity (Wildman–Crippen MR) is 52.1 cm³/mol. The Morgan fingerprint density at radius 2 is 2.08 bits per heavy atom. The fourth-order valence-corrected chi connectivity index (χ4v) is 1.21. The van der Waals surface area contributed by atoms with Gasteiger partial charge in [0.05, 0.1) is 6.61 Å². The van der Waals surface area contributed by atoms with E-state index in [1.165, 1.54) is 0 Å². The molecule has 74 valence electrons. The summed E-state index contributed by atoms with van der Waals surface area (Å²) in [7, 11) is 0. The van der Waals surface area contributed by atoms with Gasteiger partial charge in [-0.15, -0.1) is 0 Å². The zero-order chi connectivity index (χ0) is 9.40. The molecule has 0 heterocycles. The lowest BCUT2D eigenvalue weighted by Gasteiger charge is -2.19. The first kappa shape index (κ1) is 11.9. The van der Waals surface area contributed by atoms with Crippen molar-refractivity contribution in [1.29, 1.82) is 0 Å². The number of nitrogens with two attached hydrogens (primary N) is 1. The zero-order valence-corrected chi connectivity index (χ0v) is 8.29. The Kier molecular flexibility index (Phi) is 7.45. The standard InChI is InChI=1S/C9H22N2O/c1-3-11(7-8-12)6-4-5-9(2)10/h9,12H,3-8,10H2,1-2H3/t9-/m1/s1. The van der Waals surface area contributed by atoms with Gasteiger partial charge in [0.15, 0.2) is 0 Å². The highest BCUT2D eigenvalue weighted by Gasteiger charge is 2.01. The molecule has 0 aliphatic carbocycles. The van der Waals surface area contributed by atoms with Crippen molar-refractivity contribution in [2.75, 3.05) is 26.2 Å². The highest BCUT2D eigenvalue weighted by Crippen LogP contribution is 1.96. The van der Waals surface area contributed by atoms with Crippen molar-refractivity contribution >= 4 is 0 Å². The van der Waals surface area contributed by atoms with E-state index in [0.717, 1.165) is 32.5 Å². The molecule has 0 saturated carbocycles. The predicted octanol–water partition coefficient (Wildman–Crippen LogP) is 0.428. The molecule has 3 heteroatoms. The molecule has 0 aliphatic rings. The van der Waals surface area contributed by atoms with E-state index in [9.17, 15) is 0 Å². The summed E-state index contributed by atoms with van der Waals surface area (Å²) in [6.07, 6.45) is 2.20. The number of likely N-dealkylation sites (N-methyl/N-ethyl adjacent to an activating group) is 1. The monoisotopic (exact) mass is 174 g/mol. The zero-order valence-electron chi connectivity index (χ0n) is 8.29. The molecule has 0 aromatic rings. The summed E-state index contributed by atoms with van der Waals surface area (Å²) in [6, 6.07) is 0.304. The highest BCUT2D eigenvalue weighted by atomic mass is 16.3. The number of hydrogen-bond donors (Lipinski definition) is 2. The first-order valence-corrected chi connectivity index (χ1v) is 4.79. The largest absolute Gasteiger partial charge is 0.395 e. The summed E-state index contributed by atoms with van der Waals surface area (Å²) in [6.45, 7) is 7.25. The van der Waals surface area contributed by atoms with Crippen LogP contribution < -0.4 is 5.73 Å². The van der Waals surface area contributed by atoms with Crippen molar-refractivity contribution in [1.82, 2.24) is 4.90 Å². The van der Waals surface area contributed by atoms with Crippen LogP contribution in [0.1, 0.15) is 26.7 Å². The summed E-state index contributed by atoms with van der Waals surface area (Å²) in [5.74, 6) is 0. The Labute approximate surface area is 75.6 Å². The second kappa shape index (κ2) is 7.53. The van der Waals surface area contributed by atoms with Crippen LogP contribution in [-0.2, 0) is 0 Å². The van der Waals surface area contributed by atoms with Gasteiger partial charge in [0.25, 0.3) is 0 Å². The Bertz CT molecular complexity index is 96.5. The number of hydrogen-bond acceptors (Lipinski definition) is 3. The molecule has 3 nitrogen and oxygen atoms in total. The van der Waals surface area contributed by atoms with E-state index in [-0.39, 0.29) is 6.61 Å². The molecule has 0 radical (unpaired) electrons. The number of aliphatic hydroxyl groups excluding tert-OH is 1. The molecule has 0 aromatic carbocycles. The van der Waals surface area contributed by atoms with Gasteiger partial charge in [-0.3, -0.25) is 0 Å². The van der Waals surface area contributed by atoms with Crippen LogP contribution in [0.5, 0.6) is 0 Å². The van der Waals surface area contributed by atoms with E-state index in [0.29, 0.717) is 6.04 Å². The average molecular weight is 174 g/mol. The van der Waals surface area contributed by atoms with Crippen molar-refractivity contribution in [3.8, 4) is 0 Å². The normalized spacial score (nSPS) is 13.8. The minimum Gasteiger partial charge on any atom is -0.395 e. The molecule has 0 aromatic heterocycles.